The molecule has 1 unspecified atom stereocenters. The van der Waals surface area contributed by atoms with Crippen molar-refractivity contribution < 1.29 is 9.53 Å². The Balaban J connectivity index is 1.80. The van der Waals surface area contributed by atoms with Crippen LogP contribution in [0.2, 0.25) is 0 Å². The molecule has 3 heterocycles. The molecule has 142 valence electrons. The van der Waals surface area contributed by atoms with Gasteiger partial charge in [-0.15, -0.1) is 0 Å². The van der Waals surface area contributed by atoms with Gasteiger partial charge in [-0.05, 0) is 56.9 Å². The van der Waals surface area contributed by atoms with Gasteiger partial charge < -0.3 is 10.1 Å². The van der Waals surface area contributed by atoms with E-state index >= 15 is 0 Å². The van der Waals surface area contributed by atoms with Gasteiger partial charge in [0.15, 0.2) is 11.6 Å². The lowest BCUT2D eigenvalue weighted by Crippen LogP contribution is -2.28. The van der Waals surface area contributed by atoms with Crippen molar-refractivity contribution in [1.82, 2.24) is 14.8 Å². The number of anilines is 1. The van der Waals surface area contributed by atoms with E-state index in [1.807, 2.05) is 19.9 Å². The lowest BCUT2D eigenvalue weighted by atomic mass is 10.0. The number of amides is 1. The van der Waals surface area contributed by atoms with Crippen LogP contribution in [0.5, 0.6) is 0 Å². The number of ether oxygens (including phenoxy) is 1. The Hall–Kier alpha value is -3.24. The summed E-state index contributed by atoms with van der Waals surface area (Å²) in [6, 6.07) is 8.19. The van der Waals surface area contributed by atoms with Gasteiger partial charge >= 0.3 is 0 Å². The summed E-state index contributed by atoms with van der Waals surface area (Å²) in [6.07, 6.45) is 2.47. The Kier molecular flexibility index (Phi) is 4.57. The molecule has 2 aromatic heterocycles. The summed E-state index contributed by atoms with van der Waals surface area (Å²) < 4.78 is 6.96. The number of aryl methyl sites for hydroxylation is 3. The van der Waals surface area contributed by atoms with Crippen molar-refractivity contribution in [3.05, 3.63) is 46.6 Å². The van der Waals surface area contributed by atoms with E-state index in [0.717, 1.165) is 28.5 Å². The van der Waals surface area contributed by atoms with Gasteiger partial charge in [0.25, 0.3) is 5.91 Å². The van der Waals surface area contributed by atoms with Gasteiger partial charge in [-0.1, -0.05) is 11.6 Å². The number of benzene rings is 1. The van der Waals surface area contributed by atoms with Crippen molar-refractivity contribution in [3.8, 4) is 11.9 Å². The number of aromatic nitrogens is 3. The average Bonchev–Trinajstić information content (AvgIpc) is 3.32. The molecule has 7 nitrogen and oxygen atoms in total. The van der Waals surface area contributed by atoms with Crippen molar-refractivity contribution in [2.75, 3.05) is 11.9 Å². The van der Waals surface area contributed by atoms with Crippen molar-refractivity contribution >= 4 is 22.6 Å². The molecular weight excluding hydrogens is 354 g/mol. The highest BCUT2D eigenvalue weighted by molar-refractivity contribution is 5.95. The Morgan fingerprint density at radius 1 is 1.29 bits per heavy atom. The van der Waals surface area contributed by atoms with Gasteiger partial charge in [0.05, 0.1) is 11.7 Å². The predicted octanol–water partition coefficient (Wildman–Crippen LogP) is 3.33. The average molecular weight is 375 g/mol. The highest BCUT2D eigenvalue weighted by atomic mass is 16.5. The SMILES string of the molecule is Cc1cc(C)c2nc(-n3ncc(C#N)c3NC(=O)C3CCCO3)cc(C)c2c1. The van der Waals surface area contributed by atoms with Crippen molar-refractivity contribution in [2.24, 2.45) is 0 Å². The molecule has 1 saturated heterocycles. The molecule has 4 rings (SSSR count). The van der Waals surface area contributed by atoms with Gasteiger partial charge in [0.1, 0.15) is 17.7 Å². The predicted molar refractivity (Wildman–Crippen MR) is 105 cm³/mol. The van der Waals surface area contributed by atoms with E-state index in [2.05, 4.69) is 35.5 Å². The fourth-order valence-electron chi connectivity index (χ4n) is 3.64. The third-order valence-corrected chi connectivity index (χ3v) is 5.01. The molecule has 1 fully saturated rings. The molecule has 7 heteroatoms. The van der Waals surface area contributed by atoms with E-state index in [-0.39, 0.29) is 11.5 Å². The van der Waals surface area contributed by atoms with Crippen LogP contribution in [0.3, 0.4) is 0 Å². The molecule has 1 aliphatic heterocycles. The zero-order valence-corrected chi connectivity index (χ0v) is 16.1. The van der Waals surface area contributed by atoms with Crippen LogP contribution in [0.1, 0.15) is 35.1 Å². The topological polar surface area (TPSA) is 92.8 Å². The number of nitriles is 1. The highest BCUT2D eigenvalue weighted by Crippen LogP contribution is 2.27. The Bertz CT molecular complexity index is 1120. The van der Waals surface area contributed by atoms with Crippen LogP contribution in [0.15, 0.2) is 24.4 Å². The molecule has 0 radical (unpaired) electrons. The molecule has 1 atom stereocenters. The van der Waals surface area contributed by atoms with Crippen LogP contribution in [0.4, 0.5) is 5.82 Å². The summed E-state index contributed by atoms with van der Waals surface area (Å²) in [4.78, 5) is 17.3. The number of pyridine rings is 1. The van der Waals surface area contributed by atoms with Gasteiger partial charge in [-0.25, -0.2) is 4.98 Å². The first-order valence-corrected chi connectivity index (χ1v) is 9.27. The first-order chi connectivity index (χ1) is 13.5. The lowest BCUT2D eigenvalue weighted by molar-refractivity contribution is -0.124. The van der Waals surface area contributed by atoms with Gasteiger partial charge in [-0.3, -0.25) is 4.79 Å². The largest absolute Gasteiger partial charge is 0.368 e. The minimum absolute atomic E-state index is 0.264. The summed E-state index contributed by atoms with van der Waals surface area (Å²) in [7, 11) is 0. The summed E-state index contributed by atoms with van der Waals surface area (Å²) >= 11 is 0. The normalized spacial score (nSPS) is 16.3. The third kappa shape index (κ3) is 3.12. The summed E-state index contributed by atoms with van der Waals surface area (Å²) in [5, 5.41) is 17.7. The zero-order chi connectivity index (χ0) is 19.8. The molecular formula is C21H21N5O2. The van der Waals surface area contributed by atoms with Crippen LogP contribution in [-0.2, 0) is 9.53 Å². The lowest BCUT2D eigenvalue weighted by Gasteiger charge is -2.14. The van der Waals surface area contributed by atoms with Crippen LogP contribution < -0.4 is 5.32 Å². The number of hydrogen-bond donors (Lipinski definition) is 1. The molecule has 0 aliphatic carbocycles. The fourth-order valence-corrected chi connectivity index (χ4v) is 3.64. The zero-order valence-electron chi connectivity index (χ0n) is 16.1. The quantitative estimate of drug-likeness (QED) is 0.758. The van der Waals surface area contributed by atoms with Crippen LogP contribution in [0.25, 0.3) is 16.7 Å². The number of nitrogens with one attached hydrogen (secondary N) is 1. The molecule has 1 aromatic carbocycles. The van der Waals surface area contributed by atoms with Crippen LogP contribution in [0, 0.1) is 32.1 Å². The van der Waals surface area contributed by atoms with Crippen LogP contribution in [-0.4, -0.2) is 33.4 Å². The van der Waals surface area contributed by atoms with E-state index in [4.69, 9.17) is 9.72 Å². The Morgan fingerprint density at radius 3 is 2.82 bits per heavy atom. The Morgan fingerprint density at radius 2 is 2.11 bits per heavy atom. The molecule has 1 amide bonds. The Labute approximate surface area is 162 Å². The first kappa shape index (κ1) is 18.1. The fraction of sp³-hybridized carbons (Fsp3) is 0.333. The third-order valence-electron chi connectivity index (χ3n) is 5.01. The van der Waals surface area contributed by atoms with Crippen LogP contribution >= 0.6 is 0 Å². The van der Waals surface area contributed by atoms with E-state index in [1.165, 1.54) is 16.4 Å². The number of nitrogens with zero attached hydrogens (tertiary/aromatic N) is 4. The maximum absolute atomic E-state index is 12.5. The molecule has 0 bridgehead atoms. The van der Waals surface area contributed by atoms with E-state index in [1.54, 1.807) is 0 Å². The van der Waals surface area contributed by atoms with Gasteiger partial charge in [-0.2, -0.15) is 15.0 Å². The molecule has 1 N–H and O–H groups in total. The van der Waals surface area contributed by atoms with Crippen molar-refractivity contribution in [3.63, 3.8) is 0 Å². The van der Waals surface area contributed by atoms with Gasteiger partial charge in [0.2, 0.25) is 0 Å². The van der Waals surface area contributed by atoms with E-state index in [9.17, 15) is 10.1 Å². The minimum Gasteiger partial charge on any atom is -0.368 e. The number of carbonyl (C=O) groups excluding carboxylic acids is 1. The summed E-state index contributed by atoms with van der Waals surface area (Å²) in [6.45, 7) is 6.68. The molecule has 28 heavy (non-hydrogen) atoms. The molecule has 0 spiro atoms. The second-order valence-electron chi connectivity index (χ2n) is 7.20. The highest BCUT2D eigenvalue weighted by Gasteiger charge is 2.26. The molecule has 1 aliphatic rings. The smallest absolute Gasteiger partial charge is 0.254 e. The van der Waals surface area contributed by atoms with E-state index in [0.29, 0.717) is 24.7 Å². The second kappa shape index (κ2) is 7.06. The number of hydrogen-bond acceptors (Lipinski definition) is 5. The summed E-state index contributed by atoms with van der Waals surface area (Å²) in [5.41, 5.74) is 4.46. The number of rotatable bonds is 3. The number of carbonyl (C=O) groups is 1. The molecule has 0 saturated carbocycles. The van der Waals surface area contributed by atoms with E-state index < -0.39 is 6.10 Å². The number of fused-ring (bicyclic) bond motifs is 1. The maximum Gasteiger partial charge on any atom is 0.254 e. The summed E-state index contributed by atoms with van der Waals surface area (Å²) in [5.74, 6) is 0.611. The maximum atomic E-state index is 12.5. The van der Waals surface area contributed by atoms with Crippen molar-refractivity contribution in [2.45, 2.75) is 39.7 Å². The monoisotopic (exact) mass is 375 g/mol. The first-order valence-electron chi connectivity index (χ1n) is 9.27. The second-order valence-corrected chi connectivity index (χ2v) is 7.20. The minimum atomic E-state index is -0.494. The standard InChI is InChI=1S/C21H21N5O2/c1-12-7-14(3)19-16(8-12)13(2)9-18(24-19)26-20(15(10-22)11-23-26)25-21(27)17-5-4-6-28-17/h7-9,11,17H,4-6H2,1-3H3,(H,25,27). The van der Waals surface area contributed by atoms with Crippen molar-refractivity contribution in [1.29, 1.82) is 5.26 Å². The molecule has 3 aromatic rings. The van der Waals surface area contributed by atoms with Gasteiger partial charge in [0, 0.05) is 12.0 Å².